The summed E-state index contributed by atoms with van der Waals surface area (Å²) in [5, 5.41) is 3.06. The summed E-state index contributed by atoms with van der Waals surface area (Å²) in [6.07, 6.45) is 2.97. The fourth-order valence-electron chi connectivity index (χ4n) is 6.23. The number of benzene rings is 1. The molecule has 2 atom stereocenters. The van der Waals surface area contributed by atoms with Crippen molar-refractivity contribution in [1.82, 2.24) is 14.4 Å². The highest BCUT2D eigenvalue weighted by molar-refractivity contribution is 6.05. The van der Waals surface area contributed by atoms with E-state index in [1.807, 2.05) is 9.47 Å². The summed E-state index contributed by atoms with van der Waals surface area (Å²) in [7, 11) is 0. The van der Waals surface area contributed by atoms with E-state index in [0.29, 0.717) is 41.3 Å². The molecule has 2 saturated heterocycles. The number of likely N-dealkylation sites (tertiary alicyclic amines) is 2. The number of hydrogen-bond acceptors (Lipinski definition) is 6. The first kappa shape index (κ1) is 22.2. The molecule has 4 aliphatic rings. The van der Waals surface area contributed by atoms with Gasteiger partial charge in [-0.15, -0.1) is 0 Å². The predicted molar refractivity (Wildman–Crippen MR) is 129 cm³/mol. The third-order valence-electron chi connectivity index (χ3n) is 7.93. The minimum Gasteiger partial charge on any atom is -0.454 e. The Balaban J connectivity index is 1.23. The van der Waals surface area contributed by atoms with Gasteiger partial charge in [0.2, 0.25) is 12.7 Å². The van der Waals surface area contributed by atoms with Gasteiger partial charge in [0.05, 0.1) is 5.69 Å². The van der Waals surface area contributed by atoms with Crippen LogP contribution >= 0.6 is 0 Å². The Morgan fingerprint density at radius 2 is 1.80 bits per heavy atom. The van der Waals surface area contributed by atoms with Crippen molar-refractivity contribution in [2.75, 3.05) is 38.3 Å². The molecule has 1 N–H and O–H groups in total. The van der Waals surface area contributed by atoms with Gasteiger partial charge in [0.25, 0.3) is 11.5 Å². The molecular weight excluding hydrogens is 448 g/mol. The van der Waals surface area contributed by atoms with Crippen molar-refractivity contribution < 1.29 is 19.1 Å². The number of rotatable bonds is 3. The summed E-state index contributed by atoms with van der Waals surface area (Å²) in [5.41, 5.74) is 2.09. The first-order valence-corrected chi connectivity index (χ1v) is 12.4. The van der Waals surface area contributed by atoms with Crippen LogP contribution in [0.4, 0.5) is 5.69 Å². The standard InChI is InChI=1S/C26H30N4O5/c1-16(31)28-8-6-20(7-9-28)29-12-17-10-19(14-29)25-21(3-5-24(32)30(25)13-17)27-26(33)18-2-4-22-23(11-18)35-15-34-22/h2-5,11,17,19-20H,6-10,12-15H2,1H3,(H,27,33)/t17-,19-/m1/s1. The Labute approximate surface area is 203 Å². The van der Waals surface area contributed by atoms with Crippen LogP contribution in [0, 0.1) is 5.92 Å². The van der Waals surface area contributed by atoms with Gasteiger partial charge in [-0.2, -0.15) is 0 Å². The van der Waals surface area contributed by atoms with E-state index in [4.69, 9.17) is 9.47 Å². The number of carbonyl (C=O) groups excluding carboxylic acids is 2. The Kier molecular flexibility index (Phi) is 5.51. The molecule has 2 bridgehead atoms. The van der Waals surface area contributed by atoms with Crippen LogP contribution in [0.2, 0.25) is 0 Å². The smallest absolute Gasteiger partial charge is 0.255 e. The molecule has 2 amide bonds. The van der Waals surface area contributed by atoms with E-state index in [2.05, 4.69) is 10.2 Å². The first-order chi connectivity index (χ1) is 17.0. The number of nitrogens with zero attached hydrogens (tertiary/aromatic N) is 3. The molecule has 9 nitrogen and oxygen atoms in total. The van der Waals surface area contributed by atoms with Crippen molar-refractivity contribution in [3.8, 4) is 11.5 Å². The van der Waals surface area contributed by atoms with Gasteiger partial charge in [0, 0.05) is 68.9 Å². The van der Waals surface area contributed by atoms with Crippen molar-refractivity contribution in [1.29, 1.82) is 0 Å². The maximum absolute atomic E-state index is 13.1. The Bertz CT molecular complexity index is 1230. The second-order valence-corrected chi connectivity index (χ2v) is 10.1. The van der Waals surface area contributed by atoms with Gasteiger partial charge >= 0.3 is 0 Å². The number of carbonyl (C=O) groups is 2. The maximum atomic E-state index is 13.1. The van der Waals surface area contributed by atoms with Gasteiger partial charge in [-0.3, -0.25) is 19.3 Å². The number of hydrogen-bond donors (Lipinski definition) is 1. The molecule has 0 aliphatic carbocycles. The van der Waals surface area contributed by atoms with E-state index >= 15 is 0 Å². The van der Waals surface area contributed by atoms with Crippen LogP contribution in [-0.2, 0) is 11.3 Å². The van der Waals surface area contributed by atoms with Crippen LogP contribution < -0.4 is 20.3 Å². The minimum absolute atomic E-state index is 0.0148. The highest BCUT2D eigenvalue weighted by Crippen LogP contribution is 2.40. The van der Waals surface area contributed by atoms with Gasteiger partial charge in [0.1, 0.15) is 0 Å². The lowest BCUT2D eigenvalue weighted by atomic mass is 9.81. The zero-order valence-corrected chi connectivity index (χ0v) is 19.9. The normalized spacial score (nSPS) is 23.6. The topological polar surface area (TPSA) is 93.1 Å². The number of pyridine rings is 1. The van der Waals surface area contributed by atoms with E-state index in [1.165, 1.54) is 0 Å². The van der Waals surface area contributed by atoms with E-state index in [1.54, 1.807) is 37.3 Å². The van der Waals surface area contributed by atoms with E-state index < -0.39 is 0 Å². The van der Waals surface area contributed by atoms with Gasteiger partial charge in [-0.25, -0.2) is 0 Å². The monoisotopic (exact) mass is 478 g/mol. The lowest BCUT2D eigenvalue weighted by Crippen LogP contribution is -2.53. The number of nitrogens with one attached hydrogen (secondary N) is 1. The summed E-state index contributed by atoms with van der Waals surface area (Å²) in [5.74, 6) is 1.68. The zero-order chi connectivity index (χ0) is 24.1. The van der Waals surface area contributed by atoms with Crippen molar-refractivity contribution >= 4 is 17.5 Å². The van der Waals surface area contributed by atoms with Crippen molar-refractivity contribution in [3.05, 3.63) is 51.9 Å². The molecule has 0 saturated carbocycles. The molecule has 1 aromatic heterocycles. The van der Waals surface area contributed by atoms with Crippen LogP contribution in [-0.4, -0.2) is 65.2 Å². The summed E-state index contributed by atoms with van der Waals surface area (Å²) >= 11 is 0. The van der Waals surface area contributed by atoms with Crippen LogP contribution in [0.3, 0.4) is 0 Å². The highest BCUT2D eigenvalue weighted by atomic mass is 16.7. The number of ether oxygens (including phenoxy) is 2. The molecule has 2 aromatic rings. The number of amides is 2. The van der Waals surface area contributed by atoms with Crippen LogP contribution in [0.5, 0.6) is 11.5 Å². The highest BCUT2D eigenvalue weighted by Gasteiger charge is 2.39. The molecule has 0 spiro atoms. The molecule has 0 unspecified atom stereocenters. The molecule has 35 heavy (non-hydrogen) atoms. The third-order valence-corrected chi connectivity index (χ3v) is 7.93. The predicted octanol–water partition coefficient (Wildman–Crippen LogP) is 2.26. The van der Waals surface area contributed by atoms with Crippen LogP contribution in [0.1, 0.15) is 48.2 Å². The Morgan fingerprint density at radius 1 is 1.00 bits per heavy atom. The fraction of sp³-hybridized carbons (Fsp3) is 0.500. The molecular formula is C26H30N4O5. The van der Waals surface area contributed by atoms with Crippen molar-refractivity contribution in [2.24, 2.45) is 5.92 Å². The van der Waals surface area contributed by atoms with Crippen molar-refractivity contribution in [2.45, 2.75) is 44.7 Å². The van der Waals surface area contributed by atoms with Gasteiger partial charge in [0.15, 0.2) is 11.5 Å². The van der Waals surface area contributed by atoms with E-state index in [0.717, 1.165) is 51.1 Å². The SMILES string of the molecule is CC(=O)N1CCC(N2C[C@H]3C[C@H](C2)c2c(NC(=O)c4ccc5c(c4)OCO5)ccc(=O)n2C3)CC1. The quantitative estimate of drug-likeness (QED) is 0.728. The van der Waals surface area contributed by atoms with Gasteiger partial charge < -0.3 is 24.3 Å². The molecule has 1 aromatic carbocycles. The number of fused-ring (bicyclic) bond motifs is 5. The first-order valence-electron chi connectivity index (χ1n) is 12.4. The molecule has 0 radical (unpaired) electrons. The second kappa shape index (κ2) is 8.71. The van der Waals surface area contributed by atoms with Gasteiger partial charge in [-0.1, -0.05) is 0 Å². The van der Waals surface area contributed by atoms with Crippen LogP contribution in [0.15, 0.2) is 35.1 Å². The van der Waals surface area contributed by atoms with E-state index in [-0.39, 0.29) is 30.1 Å². The summed E-state index contributed by atoms with van der Waals surface area (Å²) < 4.78 is 12.6. The molecule has 6 rings (SSSR count). The summed E-state index contributed by atoms with van der Waals surface area (Å²) in [6.45, 7) is 5.90. The number of piperidine rings is 2. The molecule has 4 aliphatic heterocycles. The summed E-state index contributed by atoms with van der Waals surface area (Å²) in [4.78, 5) is 42.1. The Morgan fingerprint density at radius 3 is 2.60 bits per heavy atom. The molecule has 9 heteroatoms. The number of anilines is 1. The fourth-order valence-corrected chi connectivity index (χ4v) is 6.23. The molecule has 184 valence electrons. The molecule has 5 heterocycles. The summed E-state index contributed by atoms with van der Waals surface area (Å²) in [6, 6.07) is 8.88. The minimum atomic E-state index is -0.240. The lowest BCUT2D eigenvalue weighted by Gasteiger charge is -2.47. The number of aromatic nitrogens is 1. The maximum Gasteiger partial charge on any atom is 0.255 e. The third kappa shape index (κ3) is 4.07. The lowest BCUT2D eigenvalue weighted by molar-refractivity contribution is -0.130. The Hall–Kier alpha value is -3.33. The largest absolute Gasteiger partial charge is 0.454 e. The van der Waals surface area contributed by atoms with Gasteiger partial charge in [-0.05, 0) is 49.4 Å². The van der Waals surface area contributed by atoms with E-state index in [9.17, 15) is 14.4 Å². The second-order valence-electron chi connectivity index (χ2n) is 10.1. The molecule has 2 fully saturated rings. The zero-order valence-electron chi connectivity index (χ0n) is 19.9. The average Bonchev–Trinajstić information content (AvgIpc) is 3.33. The van der Waals surface area contributed by atoms with Crippen LogP contribution in [0.25, 0.3) is 0 Å². The van der Waals surface area contributed by atoms with Crippen molar-refractivity contribution in [3.63, 3.8) is 0 Å². The average molecular weight is 479 g/mol.